The number of sulfonamides is 1. The van der Waals surface area contributed by atoms with Gasteiger partial charge in [-0.25, -0.2) is 8.42 Å². The first kappa shape index (κ1) is 24.9. The quantitative estimate of drug-likeness (QED) is 0.617. The Bertz CT molecular complexity index is 1000. The molecule has 0 heterocycles. The van der Waals surface area contributed by atoms with Gasteiger partial charge >= 0.3 is 0 Å². The van der Waals surface area contributed by atoms with Gasteiger partial charge in [-0.1, -0.05) is 63.6 Å². The summed E-state index contributed by atoms with van der Waals surface area (Å²) in [5, 5.41) is 3.04. The zero-order valence-corrected chi connectivity index (χ0v) is 20.6. The average molecular weight is 445 g/mol. The van der Waals surface area contributed by atoms with Gasteiger partial charge in [0.15, 0.2) is 0 Å². The fourth-order valence-electron chi connectivity index (χ4n) is 4.11. The fourth-order valence-corrected chi connectivity index (χ4v) is 5.57. The highest BCUT2D eigenvalue weighted by Crippen LogP contribution is 2.29. The lowest BCUT2D eigenvalue weighted by atomic mass is 9.82. The van der Waals surface area contributed by atoms with Crippen LogP contribution >= 0.6 is 0 Å². The lowest BCUT2D eigenvalue weighted by Gasteiger charge is -2.34. The van der Waals surface area contributed by atoms with Gasteiger partial charge in [0, 0.05) is 5.54 Å². The summed E-state index contributed by atoms with van der Waals surface area (Å²) in [6.07, 6.45) is 1.43. The molecule has 0 spiro atoms. The highest BCUT2D eigenvalue weighted by molar-refractivity contribution is 7.92. The van der Waals surface area contributed by atoms with E-state index in [4.69, 9.17) is 0 Å². The molecule has 0 bridgehead atoms. The third-order valence-corrected chi connectivity index (χ3v) is 6.76. The van der Waals surface area contributed by atoms with E-state index in [0.29, 0.717) is 12.1 Å². The second kappa shape index (κ2) is 9.43. The molecule has 0 aromatic heterocycles. The van der Waals surface area contributed by atoms with Gasteiger partial charge in [0.05, 0.1) is 10.6 Å². The van der Waals surface area contributed by atoms with E-state index in [1.54, 1.807) is 36.4 Å². The molecule has 31 heavy (non-hydrogen) atoms. The van der Waals surface area contributed by atoms with E-state index >= 15 is 0 Å². The van der Waals surface area contributed by atoms with Crippen molar-refractivity contribution in [2.24, 2.45) is 5.41 Å². The van der Waals surface area contributed by atoms with Crippen LogP contribution in [-0.4, -0.2) is 26.4 Å². The van der Waals surface area contributed by atoms with Crippen LogP contribution in [0.2, 0.25) is 0 Å². The Labute approximate surface area is 187 Å². The molecule has 170 valence electrons. The summed E-state index contributed by atoms with van der Waals surface area (Å²) in [4.78, 5) is 13.2. The summed E-state index contributed by atoms with van der Waals surface area (Å²) >= 11 is 0. The summed E-state index contributed by atoms with van der Waals surface area (Å²) in [6, 6.07) is 14.1. The van der Waals surface area contributed by atoms with Crippen LogP contribution in [0.5, 0.6) is 0 Å². The van der Waals surface area contributed by atoms with Crippen molar-refractivity contribution in [3.63, 3.8) is 0 Å². The molecule has 0 aliphatic rings. The van der Waals surface area contributed by atoms with Crippen LogP contribution in [0, 0.1) is 12.3 Å². The number of anilines is 1. The zero-order valence-electron chi connectivity index (χ0n) is 19.8. The van der Waals surface area contributed by atoms with Gasteiger partial charge in [0.1, 0.15) is 6.54 Å². The van der Waals surface area contributed by atoms with Crippen LogP contribution < -0.4 is 9.62 Å². The van der Waals surface area contributed by atoms with Gasteiger partial charge < -0.3 is 5.32 Å². The number of carbonyl (C=O) groups excluding carboxylic acids is 1. The molecule has 0 radical (unpaired) electrons. The highest BCUT2D eigenvalue weighted by atomic mass is 32.2. The second-order valence-corrected chi connectivity index (χ2v) is 11.8. The topological polar surface area (TPSA) is 66.5 Å². The Kier molecular flexibility index (Phi) is 7.58. The maximum atomic E-state index is 13.6. The van der Waals surface area contributed by atoms with Gasteiger partial charge in [-0.2, -0.15) is 0 Å². The lowest BCUT2D eigenvalue weighted by molar-refractivity contribution is -0.121. The van der Waals surface area contributed by atoms with E-state index in [1.165, 1.54) is 4.31 Å². The van der Waals surface area contributed by atoms with Crippen LogP contribution in [0.15, 0.2) is 53.4 Å². The lowest BCUT2D eigenvalue weighted by Crippen LogP contribution is -2.50. The number of amides is 1. The number of hydrogen-bond donors (Lipinski definition) is 1. The van der Waals surface area contributed by atoms with Crippen LogP contribution in [0.4, 0.5) is 5.69 Å². The molecule has 0 unspecified atom stereocenters. The molecule has 1 amide bonds. The van der Waals surface area contributed by atoms with Crippen LogP contribution in [0.25, 0.3) is 0 Å². The largest absolute Gasteiger partial charge is 0.350 e. The SMILES string of the molecule is CCc1ccccc1N(CC(=O)NC(C)(C)CC(C)(C)C)S(=O)(=O)c1ccc(C)cc1. The summed E-state index contributed by atoms with van der Waals surface area (Å²) in [5.41, 5.74) is 1.95. The summed E-state index contributed by atoms with van der Waals surface area (Å²) in [7, 11) is -3.92. The molecule has 0 saturated carbocycles. The number of nitrogens with one attached hydrogen (secondary N) is 1. The Balaban J connectivity index is 2.44. The molecule has 0 aliphatic heterocycles. The van der Waals surface area contributed by atoms with Crippen molar-refractivity contribution < 1.29 is 13.2 Å². The third-order valence-electron chi connectivity index (χ3n) is 4.99. The molecule has 5 nitrogen and oxygen atoms in total. The maximum absolute atomic E-state index is 13.6. The van der Waals surface area contributed by atoms with Gasteiger partial charge in [0.25, 0.3) is 10.0 Å². The van der Waals surface area contributed by atoms with Gasteiger partial charge in [0.2, 0.25) is 5.91 Å². The highest BCUT2D eigenvalue weighted by Gasteiger charge is 2.32. The Hall–Kier alpha value is -2.34. The van der Waals surface area contributed by atoms with Gasteiger partial charge in [-0.05, 0) is 62.8 Å². The minimum atomic E-state index is -3.92. The molecule has 2 aromatic carbocycles. The summed E-state index contributed by atoms with van der Waals surface area (Å²) in [6.45, 7) is 13.9. The van der Waals surface area contributed by atoms with Gasteiger partial charge in [-0.3, -0.25) is 9.10 Å². The molecular weight excluding hydrogens is 408 g/mol. The predicted molar refractivity (Wildman–Crippen MR) is 128 cm³/mol. The maximum Gasteiger partial charge on any atom is 0.264 e. The molecule has 0 atom stereocenters. The number of benzene rings is 2. The number of hydrogen-bond acceptors (Lipinski definition) is 3. The first-order valence-corrected chi connectivity index (χ1v) is 12.2. The Morgan fingerprint density at radius 2 is 1.55 bits per heavy atom. The van der Waals surface area contributed by atoms with E-state index in [9.17, 15) is 13.2 Å². The van der Waals surface area contributed by atoms with Gasteiger partial charge in [-0.15, -0.1) is 0 Å². The van der Waals surface area contributed by atoms with Crippen molar-refractivity contribution in [1.82, 2.24) is 5.32 Å². The summed E-state index contributed by atoms with van der Waals surface area (Å²) in [5.74, 6) is -0.323. The van der Waals surface area contributed by atoms with E-state index in [-0.39, 0.29) is 22.8 Å². The zero-order chi connectivity index (χ0) is 23.4. The second-order valence-electron chi connectivity index (χ2n) is 9.98. The number of nitrogens with zero attached hydrogens (tertiary/aromatic N) is 1. The first-order chi connectivity index (χ1) is 14.2. The standard InChI is InChI=1S/C25H36N2O3S/c1-8-20-11-9-10-12-22(20)27(31(29,30)21-15-13-19(2)14-16-21)17-23(28)26-25(6,7)18-24(3,4)5/h9-16H,8,17-18H2,1-7H3,(H,26,28). The van der Waals surface area contributed by atoms with E-state index in [1.807, 2.05) is 39.8 Å². The van der Waals surface area contributed by atoms with Crippen molar-refractivity contribution in [2.75, 3.05) is 10.8 Å². The van der Waals surface area contributed by atoms with E-state index in [2.05, 4.69) is 26.1 Å². The van der Waals surface area contributed by atoms with Crippen LogP contribution in [-0.2, 0) is 21.2 Å². The molecule has 1 N–H and O–H groups in total. The minimum absolute atomic E-state index is 0.0270. The normalized spacial score (nSPS) is 12.5. The van der Waals surface area contributed by atoms with Crippen molar-refractivity contribution >= 4 is 21.6 Å². The Morgan fingerprint density at radius 1 is 0.968 bits per heavy atom. The van der Waals surface area contributed by atoms with Crippen molar-refractivity contribution in [3.05, 3.63) is 59.7 Å². The predicted octanol–water partition coefficient (Wildman–Crippen LogP) is 5.08. The van der Waals surface area contributed by atoms with Crippen LogP contribution in [0.1, 0.15) is 59.1 Å². The van der Waals surface area contributed by atoms with E-state index < -0.39 is 15.6 Å². The number of para-hydroxylation sites is 1. The van der Waals surface area contributed by atoms with E-state index in [0.717, 1.165) is 17.5 Å². The molecule has 0 fully saturated rings. The minimum Gasteiger partial charge on any atom is -0.350 e. The molecule has 2 rings (SSSR count). The third kappa shape index (κ3) is 6.82. The van der Waals surface area contributed by atoms with Crippen molar-refractivity contribution in [3.8, 4) is 0 Å². The number of rotatable bonds is 8. The fraction of sp³-hybridized carbons (Fsp3) is 0.480. The Morgan fingerprint density at radius 3 is 2.10 bits per heavy atom. The summed E-state index contributed by atoms with van der Waals surface area (Å²) < 4.78 is 28.4. The molecule has 0 saturated heterocycles. The number of aryl methyl sites for hydroxylation is 2. The van der Waals surface area contributed by atoms with Crippen molar-refractivity contribution in [2.45, 2.75) is 71.7 Å². The van der Waals surface area contributed by atoms with Crippen molar-refractivity contribution in [1.29, 1.82) is 0 Å². The van der Waals surface area contributed by atoms with Crippen LogP contribution in [0.3, 0.4) is 0 Å². The smallest absolute Gasteiger partial charge is 0.264 e. The molecule has 6 heteroatoms. The molecule has 0 aliphatic carbocycles. The molecule has 2 aromatic rings. The number of carbonyl (C=O) groups is 1. The monoisotopic (exact) mass is 444 g/mol. The first-order valence-electron chi connectivity index (χ1n) is 10.7. The molecular formula is C25H36N2O3S. The average Bonchev–Trinajstić information content (AvgIpc) is 2.64.